The third-order valence-corrected chi connectivity index (χ3v) is 4.47. The second-order valence-corrected chi connectivity index (χ2v) is 6.72. The fourth-order valence-electron chi connectivity index (χ4n) is 1.92. The molecular formula is C18H19BrN2O2. The van der Waals surface area contributed by atoms with Crippen molar-refractivity contribution in [3.05, 3.63) is 58.6 Å². The third kappa shape index (κ3) is 4.20. The van der Waals surface area contributed by atoms with Gasteiger partial charge in [0.25, 0.3) is 0 Å². The number of halogens is 1. The molecule has 0 unspecified atom stereocenters. The van der Waals surface area contributed by atoms with Crippen LogP contribution in [0.15, 0.2) is 53.0 Å². The molecule has 2 aromatic rings. The Morgan fingerprint density at radius 3 is 2.04 bits per heavy atom. The molecule has 4 nitrogen and oxygen atoms in total. The molecule has 0 atom stereocenters. The highest BCUT2D eigenvalue weighted by Gasteiger charge is 2.36. The Balaban J connectivity index is 2.09. The van der Waals surface area contributed by atoms with Crippen LogP contribution >= 0.6 is 15.9 Å². The lowest BCUT2D eigenvalue weighted by Gasteiger charge is -2.23. The molecule has 0 fully saturated rings. The molecule has 5 heteroatoms. The highest BCUT2D eigenvalue weighted by Crippen LogP contribution is 2.24. The number of hydrogen-bond acceptors (Lipinski definition) is 2. The van der Waals surface area contributed by atoms with Crippen molar-refractivity contribution in [2.24, 2.45) is 5.41 Å². The largest absolute Gasteiger partial charge is 0.325 e. The predicted octanol–water partition coefficient (Wildman–Crippen LogP) is 4.36. The fraction of sp³-hybridized carbons (Fsp3) is 0.222. The van der Waals surface area contributed by atoms with Crippen molar-refractivity contribution in [2.75, 3.05) is 10.6 Å². The van der Waals surface area contributed by atoms with Crippen LogP contribution in [-0.4, -0.2) is 11.8 Å². The van der Waals surface area contributed by atoms with Gasteiger partial charge in [0.2, 0.25) is 11.8 Å². The van der Waals surface area contributed by atoms with Crippen molar-refractivity contribution in [2.45, 2.75) is 20.8 Å². The van der Waals surface area contributed by atoms with Gasteiger partial charge in [-0.2, -0.15) is 0 Å². The normalized spacial score (nSPS) is 11.0. The maximum absolute atomic E-state index is 12.5. The summed E-state index contributed by atoms with van der Waals surface area (Å²) < 4.78 is 0.969. The van der Waals surface area contributed by atoms with Crippen molar-refractivity contribution in [3.63, 3.8) is 0 Å². The van der Waals surface area contributed by atoms with Gasteiger partial charge in [0.15, 0.2) is 0 Å². The molecule has 0 heterocycles. The van der Waals surface area contributed by atoms with Gasteiger partial charge in [-0.15, -0.1) is 0 Å². The van der Waals surface area contributed by atoms with E-state index in [2.05, 4.69) is 26.6 Å². The minimum absolute atomic E-state index is 0.352. The Kier molecular flexibility index (Phi) is 5.21. The molecule has 0 saturated carbocycles. The SMILES string of the molecule is Cc1cc(NC(=O)C(C)(C)C(=O)Nc2ccccc2)ccc1Br. The van der Waals surface area contributed by atoms with E-state index in [1.807, 2.05) is 37.3 Å². The number of para-hydroxylation sites is 1. The molecule has 0 aromatic heterocycles. The van der Waals surface area contributed by atoms with E-state index in [1.54, 1.807) is 32.0 Å². The zero-order valence-electron chi connectivity index (χ0n) is 13.3. The molecule has 0 aliphatic carbocycles. The summed E-state index contributed by atoms with van der Waals surface area (Å²) in [5.74, 6) is -0.706. The van der Waals surface area contributed by atoms with E-state index in [0.29, 0.717) is 11.4 Å². The summed E-state index contributed by atoms with van der Waals surface area (Å²) in [4.78, 5) is 24.9. The van der Waals surface area contributed by atoms with Crippen molar-refractivity contribution in [1.82, 2.24) is 0 Å². The Hall–Kier alpha value is -2.14. The molecule has 2 rings (SSSR count). The number of hydrogen-bond donors (Lipinski definition) is 2. The number of carbonyl (C=O) groups is 2. The average Bonchev–Trinajstić information content (AvgIpc) is 2.51. The predicted molar refractivity (Wildman–Crippen MR) is 96.4 cm³/mol. The lowest BCUT2D eigenvalue weighted by Crippen LogP contribution is -2.41. The van der Waals surface area contributed by atoms with Crippen LogP contribution in [0.5, 0.6) is 0 Å². The van der Waals surface area contributed by atoms with E-state index in [-0.39, 0.29) is 11.8 Å². The molecule has 2 amide bonds. The third-order valence-electron chi connectivity index (χ3n) is 3.58. The standard InChI is InChI=1S/C18H19BrN2O2/c1-12-11-14(9-10-15(12)19)21-17(23)18(2,3)16(22)20-13-7-5-4-6-8-13/h4-11H,1-3H3,(H,20,22)(H,21,23). The van der Waals surface area contributed by atoms with Gasteiger partial charge in [0, 0.05) is 15.8 Å². The smallest absolute Gasteiger partial charge is 0.239 e. The van der Waals surface area contributed by atoms with Crippen molar-refractivity contribution in [1.29, 1.82) is 0 Å². The summed E-state index contributed by atoms with van der Waals surface area (Å²) in [6.07, 6.45) is 0. The summed E-state index contributed by atoms with van der Waals surface area (Å²) in [5.41, 5.74) is 1.14. The van der Waals surface area contributed by atoms with E-state index in [0.717, 1.165) is 10.0 Å². The number of anilines is 2. The Morgan fingerprint density at radius 2 is 1.48 bits per heavy atom. The molecule has 2 N–H and O–H groups in total. The van der Waals surface area contributed by atoms with E-state index in [4.69, 9.17) is 0 Å². The second kappa shape index (κ2) is 6.96. The van der Waals surface area contributed by atoms with Gasteiger partial charge in [-0.3, -0.25) is 9.59 Å². The lowest BCUT2D eigenvalue weighted by molar-refractivity contribution is -0.135. The molecule has 0 saturated heterocycles. The van der Waals surface area contributed by atoms with Crippen molar-refractivity contribution < 1.29 is 9.59 Å². The number of amides is 2. The molecule has 0 spiro atoms. The van der Waals surface area contributed by atoms with Gasteiger partial charge in [-0.1, -0.05) is 34.1 Å². The Bertz CT molecular complexity index is 727. The summed E-state index contributed by atoms with van der Waals surface area (Å²) in [6.45, 7) is 5.14. The van der Waals surface area contributed by atoms with Gasteiger partial charge in [-0.05, 0) is 56.7 Å². The monoisotopic (exact) mass is 374 g/mol. The lowest BCUT2D eigenvalue weighted by atomic mass is 9.90. The van der Waals surface area contributed by atoms with E-state index >= 15 is 0 Å². The minimum atomic E-state index is -1.20. The quantitative estimate of drug-likeness (QED) is 0.780. The van der Waals surface area contributed by atoms with Crippen LogP contribution in [0.25, 0.3) is 0 Å². The van der Waals surface area contributed by atoms with Crippen molar-refractivity contribution in [3.8, 4) is 0 Å². The van der Waals surface area contributed by atoms with Gasteiger partial charge in [0.1, 0.15) is 5.41 Å². The maximum Gasteiger partial charge on any atom is 0.239 e. The maximum atomic E-state index is 12.5. The van der Waals surface area contributed by atoms with Gasteiger partial charge in [-0.25, -0.2) is 0 Å². The molecule has 0 aliphatic heterocycles. The zero-order valence-corrected chi connectivity index (χ0v) is 14.9. The summed E-state index contributed by atoms with van der Waals surface area (Å²) in [5, 5.41) is 5.56. The molecule has 2 aromatic carbocycles. The van der Waals surface area contributed by atoms with E-state index in [9.17, 15) is 9.59 Å². The summed E-state index contributed by atoms with van der Waals surface area (Å²) >= 11 is 3.42. The molecule has 0 bridgehead atoms. The second-order valence-electron chi connectivity index (χ2n) is 5.86. The molecule has 0 radical (unpaired) electrons. The molecular weight excluding hydrogens is 356 g/mol. The number of benzene rings is 2. The minimum Gasteiger partial charge on any atom is -0.325 e. The molecule has 23 heavy (non-hydrogen) atoms. The number of nitrogens with one attached hydrogen (secondary N) is 2. The number of rotatable bonds is 4. The first-order chi connectivity index (χ1) is 10.8. The summed E-state index contributed by atoms with van der Waals surface area (Å²) in [7, 11) is 0. The first-order valence-electron chi connectivity index (χ1n) is 7.25. The van der Waals surface area contributed by atoms with Gasteiger partial charge >= 0.3 is 0 Å². The van der Waals surface area contributed by atoms with Gasteiger partial charge < -0.3 is 10.6 Å². The highest BCUT2D eigenvalue weighted by atomic mass is 79.9. The highest BCUT2D eigenvalue weighted by molar-refractivity contribution is 9.10. The summed E-state index contributed by atoms with van der Waals surface area (Å²) in [6, 6.07) is 14.6. The fourth-order valence-corrected chi connectivity index (χ4v) is 2.17. The first kappa shape index (κ1) is 17.2. The molecule has 120 valence electrons. The average molecular weight is 375 g/mol. The van der Waals surface area contributed by atoms with Crippen molar-refractivity contribution >= 4 is 39.1 Å². The van der Waals surface area contributed by atoms with Crippen LogP contribution in [0.1, 0.15) is 19.4 Å². The van der Waals surface area contributed by atoms with Crippen LogP contribution < -0.4 is 10.6 Å². The van der Waals surface area contributed by atoms with Gasteiger partial charge in [0.05, 0.1) is 0 Å². The first-order valence-corrected chi connectivity index (χ1v) is 8.04. The van der Waals surface area contributed by atoms with E-state index in [1.165, 1.54) is 0 Å². The zero-order chi connectivity index (χ0) is 17.0. The van der Waals surface area contributed by atoms with Crippen LogP contribution in [0, 0.1) is 12.3 Å². The number of carbonyl (C=O) groups excluding carboxylic acids is 2. The number of aryl methyl sites for hydroxylation is 1. The van der Waals surface area contributed by atoms with Crippen LogP contribution in [-0.2, 0) is 9.59 Å². The van der Waals surface area contributed by atoms with Crippen LogP contribution in [0.2, 0.25) is 0 Å². The Morgan fingerprint density at radius 1 is 0.913 bits per heavy atom. The Labute approximate surface area is 144 Å². The van der Waals surface area contributed by atoms with E-state index < -0.39 is 5.41 Å². The van der Waals surface area contributed by atoms with Crippen LogP contribution in [0.4, 0.5) is 11.4 Å². The van der Waals surface area contributed by atoms with Crippen LogP contribution in [0.3, 0.4) is 0 Å². The topological polar surface area (TPSA) is 58.2 Å². The molecule has 0 aliphatic rings.